The summed E-state index contributed by atoms with van der Waals surface area (Å²) in [5, 5.41) is 0. The Bertz CT molecular complexity index is 555. The maximum Gasteiger partial charge on any atom is 0.400 e. The van der Waals surface area contributed by atoms with E-state index in [0.717, 1.165) is 7.11 Å². The van der Waals surface area contributed by atoms with E-state index in [2.05, 4.69) is 4.18 Å². The predicted octanol–water partition coefficient (Wildman–Crippen LogP) is 2.60. The Hall–Kier alpha value is 0.130. The molecule has 0 saturated heterocycles. The molecular formula is C13H33NO10P2S. The first-order chi connectivity index (χ1) is 12.2. The summed E-state index contributed by atoms with van der Waals surface area (Å²) in [6.45, 7) is 7.60. The molecule has 14 heteroatoms. The summed E-state index contributed by atoms with van der Waals surface area (Å²) in [4.78, 5) is 0. The third-order valence-corrected chi connectivity index (χ3v) is 9.79. The molecule has 0 aliphatic rings. The maximum absolute atomic E-state index is 13.2. The van der Waals surface area contributed by atoms with Gasteiger partial charge in [0.2, 0.25) is 10.4 Å². The van der Waals surface area contributed by atoms with Crippen molar-refractivity contribution in [1.29, 1.82) is 0 Å². The first-order valence-corrected chi connectivity index (χ1v) is 12.8. The highest BCUT2D eigenvalue weighted by Gasteiger charge is 2.59. The van der Waals surface area contributed by atoms with Gasteiger partial charge in [0, 0.05) is 0 Å². The molecule has 0 aromatic carbocycles. The van der Waals surface area contributed by atoms with Crippen molar-refractivity contribution in [2.75, 3.05) is 54.7 Å². The molecule has 0 unspecified atom stereocenters. The highest BCUT2D eigenvalue weighted by molar-refractivity contribution is 7.80. The minimum absolute atomic E-state index is 0.0779. The molecule has 0 aromatic heterocycles. The number of hydrogen-bond acceptors (Lipinski definition) is 10. The van der Waals surface area contributed by atoms with Gasteiger partial charge in [-0.1, -0.05) is 0 Å². The Kier molecular flexibility index (Phi) is 13.7. The molecule has 0 heterocycles. The average Bonchev–Trinajstić information content (AvgIpc) is 2.46. The topological polar surface area (TPSA) is 137 Å². The highest BCUT2D eigenvalue weighted by atomic mass is 32.3. The van der Waals surface area contributed by atoms with Crippen molar-refractivity contribution in [3.63, 3.8) is 0 Å². The molecule has 0 saturated carbocycles. The molecule has 0 amide bonds. The molecule has 0 bridgehead atoms. The van der Waals surface area contributed by atoms with Crippen LogP contribution in [0.5, 0.6) is 0 Å². The molecule has 0 fully saturated rings. The van der Waals surface area contributed by atoms with Gasteiger partial charge in [0.15, 0.2) is 0 Å². The molecule has 11 nitrogen and oxygen atoms in total. The molecule has 0 aliphatic heterocycles. The van der Waals surface area contributed by atoms with Gasteiger partial charge in [-0.3, -0.25) is 13.3 Å². The van der Waals surface area contributed by atoms with E-state index in [9.17, 15) is 22.1 Å². The van der Waals surface area contributed by atoms with E-state index in [-0.39, 0.29) is 30.9 Å². The second-order valence-corrected chi connectivity index (χ2v) is 11.5. The molecule has 0 rings (SSSR count). The molecule has 0 aliphatic carbocycles. The van der Waals surface area contributed by atoms with Gasteiger partial charge in [-0.2, -0.15) is 0 Å². The zero-order valence-corrected chi connectivity index (χ0v) is 19.8. The quantitative estimate of drug-likeness (QED) is 0.186. The van der Waals surface area contributed by atoms with Crippen LogP contribution in [0.3, 0.4) is 0 Å². The van der Waals surface area contributed by atoms with Crippen molar-refractivity contribution >= 4 is 25.6 Å². The lowest BCUT2D eigenvalue weighted by molar-refractivity contribution is -0.871. The van der Waals surface area contributed by atoms with Crippen molar-refractivity contribution in [2.24, 2.45) is 0 Å². The number of hydrogen-bond donors (Lipinski definition) is 0. The van der Waals surface area contributed by atoms with E-state index >= 15 is 0 Å². The summed E-state index contributed by atoms with van der Waals surface area (Å²) in [5.41, 5.74) is -1.04. The van der Waals surface area contributed by atoms with Gasteiger partial charge in [-0.15, -0.1) is 0 Å². The van der Waals surface area contributed by atoms with Crippen LogP contribution < -0.4 is 0 Å². The van der Waals surface area contributed by atoms with Crippen molar-refractivity contribution < 1.29 is 48.9 Å². The highest BCUT2D eigenvalue weighted by Crippen LogP contribution is 2.72. The van der Waals surface area contributed by atoms with Crippen LogP contribution in [0.25, 0.3) is 0 Å². The maximum atomic E-state index is 13.2. The minimum Gasteiger partial charge on any atom is -0.726 e. The molecule has 0 radical (unpaired) electrons. The fraction of sp³-hybridized carbons (Fsp3) is 1.00. The lowest BCUT2D eigenvalue weighted by Gasteiger charge is -2.39. The van der Waals surface area contributed by atoms with Crippen molar-refractivity contribution in [1.82, 2.24) is 0 Å². The van der Waals surface area contributed by atoms with Crippen molar-refractivity contribution in [2.45, 2.75) is 33.2 Å². The summed E-state index contributed by atoms with van der Waals surface area (Å²) >= 11 is 0. The number of rotatable bonds is 12. The fourth-order valence-electron chi connectivity index (χ4n) is 2.08. The summed E-state index contributed by atoms with van der Waals surface area (Å²) < 4.78 is 79.0. The molecule has 0 spiro atoms. The van der Waals surface area contributed by atoms with Crippen LogP contribution in [0.15, 0.2) is 0 Å². The van der Waals surface area contributed by atoms with Gasteiger partial charge in [0.25, 0.3) is 5.52 Å². The standard InChI is InChI=1S/C12H30NO6P2.CH4O4S/c1-8-16-20(14,17-9-2)12(13(5,6)7)21(15,18-10-3)19-11-4;1-5-6(2,3)4/h12H,8-11H2,1-7H3;1H3,(H,2,3,4)/q+1;/p-1. The van der Waals surface area contributed by atoms with E-state index < -0.39 is 31.1 Å². The zero-order valence-electron chi connectivity index (χ0n) is 17.2. The van der Waals surface area contributed by atoms with Gasteiger partial charge in [0.1, 0.15) is 0 Å². The van der Waals surface area contributed by atoms with Gasteiger partial charge in [-0.25, -0.2) is 8.42 Å². The largest absolute Gasteiger partial charge is 0.726 e. The first-order valence-electron chi connectivity index (χ1n) is 8.27. The van der Waals surface area contributed by atoms with E-state index in [1.165, 1.54) is 0 Å². The van der Waals surface area contributed by atoms with Crippen molar-refractivity contribution in [3.05, 3.63) is 0 Å². The predicted molar refractivity (Wildman–Crippen MR) is 100 cm³/mol. The third kappa shape index (κ3) is 11.0. The SMILES string of the molecule is CCOP(=O)(OCC)C([N+](C)(C)C)P(=O)(OCC)OCC.COS(=O)(=O)[O-]. The van der Waals surface area contributed by atoms with E-state index in [1.54, 1.807) is 48.8 Å². The van der Waals surface area contributed by atoms with Gasteiger partial charge >= 0.3 is 15.2 Å². The van der Waals surface area contributed by atoms with E-state index in [1.807, 2.05) is 0 Å². The molecule has 27 heavy (non-hydrogen) atoms. The Balaban J connectivity index is 0. The summed E-state index contributed by atoms with van der Waals surface area (Å²) in [6.07, 6.45) is 0. The fourth-order valence-corrected chi connectivity index (χ4v) is 8.09. The van der Waals surface area contributed by atoms with Gasteiger partial charge in [-0.05, 0) is 27.7 Å². The van der Waals surface area contributed by atoms with Crippen LogP contribution in [-0.4, -0.2) is 77.7 Å². The van der Waals surface area contributed by atoms with Crippen LogP contribution >= 0.6 is 15.2 Å². The molecule has 166 valence electrons. The first kappa shape index (κ1) is 29.3. The smallest absolute Gasteiger partial charge is 0.400 e. The second kappa shape index (κ2) is 12.6. The Morgan fingerprint density at radius 1 is 0.815 bits per heavy atom. The van der Waals surface area contributed by atoms with Crippen molar-refractivity contribution in [3.8, 4) is 0 Å². The normalized spacial score (nSPS) is 13.4. The van der Waals surface area contributed by atoms with E-state index in [0.29, 0.717) is 0 Å². The van der Waals surface area contributed by atoms with Crippen LogP contribution in [0.1, 0.15) is 27.7 Å². The van der Waals surface area contributed by atoms with Gasteiger partial charge < -0.3 is 27.1 Å². The number of quaternary nitrogens is 1. The molecule has 0 atom stereocenters. The molecule has 0 N–H and O–H groups in total. The summed E-state index contributed by atoms with van der Waals surface area (Å²) in [6, 6.07) is 0. The molecule has 0 aromatic rings. The minimum atomic E-state index is -4.41. The molecular weight excluding hydrogens is 424 g/mol. The lowest BCUT2D eigenvalue weighted by atomic mass is 10.8. The monoisotopic (exact) mass is 457 g/mol. The van der Waals surface area contributed by atoms with Crippen LogP contribution in [0.2, 0.25) is 0 Å². The Morgan fingerprint density at radius 3 is 1.15 bits per heavy atom. The Labute approximate surface area is 162 Å². The Morgan fingerprint density at radius 2 is 1.04 bits per heavy atom. The van der Waals surface area contributed by atoms with Crippen LogP contribution in [-0.2, 0) is 41.8 Å². The number of nitrogens with zero attached hydrogens (tertiary/aromatic N) is 1. The zero-order chi connectivity index (χ0) is 21.9. The van der Waals surface area contributed by atoms with Crippen LogP contribution in [0.4, 0.5) is 0 Å². The van der Waals surface area contributed by atoms with E-state index in [4.69, 9.17) is 18.1 Å². The summed E-state index contributed by atoms with van der Waals surface area (Å²) in [5.74, 6) is 0. The average molecular weight is 457 g/mol. The summed E-state index contributed by atoms with van der Waals surface area (Å²) in [7, 11) is -5.66. The van der Waals surface area contributed by atoms with Gasteiger partial charge in [0.05, 0.1) is 54.7 Å². The van der Waals surface area contributed by atoms with Crippen LogP contribution in [0, 0.1) is 0 Å². The second-order valence-electron chi connectivity index (χ2n) is 5.79. The third-order valence-electron chi connectivity index (χ3n) is 2.70. The lowest BCUT2D eigenvalue weighted by Crippen LogP contribution is -2.46.